The summed E-state index contributed by atoms with van der Waals surface area (Å²) in [6, 6.07) is 19.2. The quantitative estimate of drug-likeness (QED) is 0.339. The predicted octanol–water partition coefficient (Wildman–Crippen LogP) is 5.63. The van der Waals surface area contributed by atoms with Crippen LogP contribution >= 0.6 is 0 Å². The molecule has 0 unspecified atom stereocenters. The van der Waals surface area contributed by atoms with Gasteiger partial charge < -0.3 is 14.2 Å². The van der Waals surface area contributed by atoms with Crippen molar-refractivity contribution >= 4 is 16.0 Å². The van der Waals surface area contributed by atoms with Gasteiger partial charge in [0.25, 0.3) is 0 Å². The standard InChI is InChI=1S/C31H35NO6S/c1-4-37-30(33)20-38-29-13-11-27(16-22(29)2)39(34,35)32-19-25-17-24(23-8-7-9-26(18-23)36-3)10-12-28(25)31(21-32)14-5-6-15-31/h7-13,16-18H,4-6,14-15,19-21H2,1-3H3. The third kappa shape index (κ3) is 5.40. The minimum absolute atomic E-state index is 0.175. The van der Waals surface area contributed by atoms with Crippen LogP contribution in [0.5, 0.6) is 11.5 Å². The highest BCUT2D eigenvalue weighted by Crippen LogP contribution is 2.48. The average molecular weight is 550 g/mol. The van der Waals surface area contributed by atoms with E-state index in [1.807, 2.05) is 24.3 Å². The molecule has 5 rings (SSSR count). The van der Waals surface area contributed by atoms with Gasteiger partial charge in [-0.3, -0.25) is 0 Å². The van der Waals surface area contributed by atoms with Crippen molar-refractivity contribution in [2.75, 3.05) is 26.9 Å². The summed E-state index contributed by atoms with van der Waals surface area (Å²) in [6.45, 7) is 4.36. The number of carbonyl (C=O) groups is 1. The largest absolute Gasteiger partial charge is 0.497 e. The Morgan fingerprint density at radius 3 is 2.49 bits per heavy atom. The zero-order valence-electron chi connectivity index (χ0n) is 22.7. The summed E-state index contributed by atoms with van der Waals surface area (Å²) in [5.41, 5.74) is 4.88. The molecule has 0 atom stereocenters. The number of hydrogen-bond donors (Lipinski definition) is 0. The average Bonchev–Trinajstić information content (AvgIpc) is 3.40. The van der Waals surface area contributed by atoms with Crippen LogP contribution in [0.15, 0.2) is 65.6 Å². The molecule has 0 bridgehead atoms. The fourth-order valence-electron chi connectivity index (χ4n) is 5.97. The summed E-state index contributed by atoms with van der Waals surface area (Å²) in [5, 5.41) is 0. The molecule has 0 amide bonds. The summed E-state index contributed by atoms with van der Waals surface area (Å²) in [7, 11) is -2.12. The number of ether oxygens (including phenoxy) is 3. The van der Waals surface area contributed by atoms with E-state index in [-0.39, 0.29) is 23.5 Å². The first-order valence-electron chi connectivity index (χ1n) is 13.4. The molecule has 1 spiro atoms. The maximum Gasteiger partial charge on any atom is 0.344 e. The van der Waals surface area contributed by atoms with Gasteiger partial charge in [0.05, 0.1) is 18.6 Å². The number of aryl methyl sites for hydroxylation is 1. The molecule has 0 radical (unpaired) electrons. The second-order valence-electron chi connectivity index (χ2n) is 10.4. The molecular weight excluding hydrogens is 514 g/mol. The van der Waals surface area contributed by atoms with Gasteiger partial charge in [-0.05, 0) is 90.9 Å². The Morgan fingerprint density at radius 1 is 1.00 bits per heavy atom. The fourth-order valence-corrected chi connectivity index (χ4v) is 7.56. The van der Waals surface area contributed by atoms with Gasteiger partial charge in [-0.15, -0.1) is 0 Å². The van der Waals surface area contributed by atoms with Gasteiger partial charge in [0.15, 0.2) is 6.61 Å². The molecule has 0 saturated heterocycles. The molecule has 7 nitrogen and oxygen atoms in total. The molecule has 1 aliphatic heterocycles. The van der Waals surface area contributed by atoms with E-state index in [0.29, 0.717) is 24.4 Å². The number of rotatable bonds is 8. The van der Waals surface area contributed by atoms with Gasteiger partial charge in [0.2, 0.25) is 10.0 Å². The maximum absolute atomic E-state index is 14.0. The topological polar surface area (TPSA) is 82.1 Å². The lowest BCUT2D eigenvalue weighted by Gasteiger charge is -2.41. The van der Waals surface area contributed by atoms with Crippen LogP contribution in [0.1, 0.15) is 49.3 Å². The zero-order valence-corrected chi connectivity index (χ0v) is 23.6. The fraction of sp³-hybridized carbons (Fsp3) is 0.387. The molecule has 0 N–H and O–H groups in total. The van der Waals surface area contributed by atoms with Gasteiger partial charge in [-0.1, -0.05) is 37.1 Å². The lowest BCUT2D eigenvalue weighted by atomic mass is 9.74. The Labute approximate surface area is 230 Å². The molecule has 1 fully saturated rings. The van der Waals surface area contributed by atoms with Gasteiger partial charge in [0, 0.05) is 18.5 Å². The summed E-state index contributed by atoms with van der Waals surface area (Å²) < 4.78 is 45.5. The van der Waals surface area contributed by atoms with Gasteiger partial charge in [0.1, 0.15) is 11.5 Å². The van der Waals surface area contributed by atoms with Crippen molar-refractivity contribution < 1.29 is 27.4 Å². The van der Waals surface area contributed by atoms with Crippen molar-refractivity contribution in [2.24, 2.45) is 0 Å². The number of benzene rings is 3. The highest BCUT2D eigenvalue weighted by molar-refractivity contribution is 7.89. The molecule has 3 aromatic rings. The Kier molecular flexibility index (Phi) is 7.69. The first-order valence-corrected chi connectivity index (χ1v) is 14.9. The molecule has 3 aromatic carbocycles. The molecule has 206 valence electrons. The maximum atomic E-state index is 14.0. The SMILES string of the molecule is CCOC(=O)COc1ccc(S(=O)(=O)N2Cc3cc(-c4cccc(OC)c4)ccc3C3(CCCC3)C2)cc1C. The number of fused-ring (bicyclic) bond motifs is 2. The molecule has 0 aromatic heterocycles. The summed E-state index contributed by atoms with van der Waals surface area (Å²) in [6.07, 6.45) is 4.14. The minimum atomic E-state index is -3.77. The highest BCUT2D eigenvalue weighted by Gasteiger charge is 2.45. The van der Waals surface area contributed by atoms with E-state index in [1.54, 1.807) is 43.5 Å². The van der Waals surface area contributed by atoms with Crippen LogP contribution in [0.25, 0.3) is 11.1 Å². The zero-order chi connectivity index (χ0) is 27.6. The molecular formula is C31H35NO6S. The van der Waals surface area contributed by atoms with Crippen LogP contribution in [-0.2, 0) is 31.5 Å². The Morgan fingerprint density at radius 2 is 1.77 bits per heavy atom. The lowest BCUT2D eigenvalue weighted by Crippen LogP contribution is -2.46. The molecule has 1 aliphatic carbocycles. The third-order valence-corrected chi connectivity index (χ3v) is 9.69. The molecule has 39 heavy (non-hydrogen) atoms. The van der Waals surface area contributed by atoms with Crippen molar-refractivity contribution in [1.82, 2.24) is 4.31 Å². The number of nitrogens with zero attached hydrogens (tertiary/aromatic N) is 1. The van der Waals surface area contributed by atoms with E-state index in [4.69, 9.17) is 14.2 Å². The van der Waals surface area contributed by atoms with Crippen LogP contribution in [-0.4, -0.2) is 45.6 Å². The van der Waals surface area contributed by atoms with Crippen molar-refractivity contribution in [3.63, 3.8) is 0 Å². The van der Waals surface area contributed by atoms with Crippen molar-refractivity contribution in [2.45, 2.75) is 56.4 Å². The Bertz CT molecular complexity index is 1480. The molecule has 1 saturated carbocycles. The molecule has 1 heterocycles. The summed E-state index contributed by atoms with van der Waals surface area (Å²) in [5.74, 6) is 0.781. The van der Waals surface area contributed by atoms with E-state index in [2.05, 4.69) is 18.2 Å². The number of esters is 1. The highest BCUT2D eigenvalue weighted by atomic mass is 32.2. The van der Waals surface area contributed by atoms with E-state index in [1.165, 1.54) is 5.56 Å². The summed E-state index contributed by atoms with van der Waals surface area (Å²) >= 11 is 0. The van der Waals surface area contributed by atoms with Gasteiger partial charge in [-0.2, -0.15) is 4.31 Å². The van der Waals surface area contributed by atoms with E-state index >= 15 is 0 Å². The lowest BCUT2D eigenvalue weighted by molar-refractivity contribution is -0.145. The number of sulfonamides is 1. The molecule has 8 heteroatoms. The Hall–Kier alpha value is -3.36. The smallest absolute Gasteiger partial charge is 0.344 e. The first kappa shape index (κ1) is 27.2. The van der Waals surface area contributed by atoms with Crippen molar-refractivity contribution in [3.8, 4) is 22.6 Å². The second kappa shape index (κ2) is 11.0. The van der Waals surface area contributed by atoms with Crippen LogP contribution in [0, 0.1) is 6.92 Å². The number of carbonyl (C=O) groups excluding carboxylic acids is 1. The third-order valence-electron chi connectivity index (χ3n) is 7.90. The monoisotopic (exact) mass is 549 g/mol. The normalized spacial score (nSPS) is 16.6. The van der Waals surface area contributed by atoms with Crippen LogP contribution in [0.2, 0.25) is 0 Å². The van der Waals surface area contributed by atoms with Crippen LogP contribution in [0.4, 0.5) is 0 Å². The Balaban J connectivity index is 1.46. The first-order chi connectivity index (χ1) is 18.8. The van der Waals surface area contributed by atoms with E-state index < -0.39 is 16.0 Å². The second-order valence-corrected chi connectivity index (χ2v) is 12.3. The van der Waals surface area contributed by atoms with Crippen LogP contribution in [0.3, 0.4) is 0 Å². The van der Waals surface area contributed by atoms with Crippen molar-refractivity contribution in [3.05, 3.63) is 77.4 Å². The number of hydrogen-bond acceptors (Lipinski definition) is 6. The van der Waals surface area contributed by atoms with E-state index in [0.717, 1.165) is 48.1 Å². The molecule has 2 aliphatic rings. The van der Waals surface area contributed by atoms with E-state index in [9.17, 15) is 13.2 Å². The van der Waals surface area contributed by atoms with Crippen LogP contribution < -0.4 is 9.47 Å². The summed E-state index contributed by atoms with van der Waals surface area (Å²) in [4.78, 5) is 11.9. The van der Waals surface area contributed by atoms with Crippen molar-refractivity contribution in [1.29, 1.82) is 0 Å². The van der Waals surface area contributed by atoms with Gasteiger partial charge in [-0.25, -0.2) is 13.2 Å². The van der Waals surface area contributed by atoms with Gasteiger partial charge >= 0.3 is 5.97 Å². The minimum Gasteiger partial charge on any atom is -0.497 e. The predicted molar refractivity (Wildman–Crippen MR) is 149 cm³/mol. The number of methoxy groups -OCH3 is 1.